The maximum Gasteiger partial charge on any atom is 0.303 e. The van der Waals surface area contributed by atoms with Crippen LogP contribution in [0.1, 0.15) is 40.5 Å². The number of benzene rings is 2. The number of aliphatic carboxylic acids is 1. The third-order valence-corrected chi connectivity index (χ3v) is 5.94. The molecule has 1 aliphatic rings. The highest BCUT2D eigenvalue weighted by Gasteiger charge is 2.33. The second-order valence-corrected chi connectivity index (χ2v) is 7.82. The number of hydrogen-bond acceptors (Lipinski definition) is 5. The van der Waals surface area contributed by atoms with Crippen LogP contribution < -0.4 is 4.72 Å². The predicted octanol–water partition coefficient (Wildman–Crippen LogP) is 1.60. The lowest BCUT2D eigenvalue weighted by atomic mass is 9.94. The molecule has 142 valence electrons. The fourth-order valence-corrected chi connectivity index (χ4v) is 4.44. The lowest BCUT2D eigenvalue weighted by Crippen LogP contribution is -2.40. The highest BCUT2D eigenvalue weighted by atomic mass is 32.2. The molecule has 0 aromatic heterocycles. The molecule has 0 spiro atoms. The van der Waals surface area contributed by atoms with Crippen LogP contribution in [0.25, 0.3) is 10.8 Å². The minimum Gasteiger partial charge on any atom is -0.481 e. The topological polar surface area (TPSA) is 121 Å². The van der Waals surface area contributed by atoms with Gasteiger partial charge in [0.25, 0.3) is 11.8 Å². The molecule has 2 aromatic rings. The van der Waals surface area contributed by atoms with E-state index >= 15 is 0 Å². The maximum absolute atomic E-state index is 12.7. The van der Waals surface area contributed by atoms with Crippen molar-refractivity contribution >= 4 is 38.6 Å². The first kappa shape index (κ1) is 19.0. The molecular formula is C18H18N2O6S. The Balaban J connectivity index is 2.06. The van der Waals surface area contributed by atoms with E-state index in [2.05, 4.69) is 4.72 Å². The molecule has 0 fully saturated rings. The summed E-state index contributed by atoms with van der Waals surface area (Å²) in [6.45, 7) is 1.89. The summed E-state index contributed by atoms with van der Waals surface area (Å²) >= 11 is 0. The maximum atomic E-state index is 12.7. The fourth-order valence-electron chi connectivity index (χ4n) is 3.16. The minimum absolute atomic E-state index is 0.0287. The molecule has 1 heterocycles. The summed E-state index contributed by atoms with van der Waals surface area (Å²) in [4.78, 5) is 36.7. The molecule has 2 aromatic carbocycles. The van der Waals surface area contributed by atoms with Crippen molar-refractivity contribution in [3.8, 4) is 0 Å². The summed E-state index contributed by atoms with van der Waals surface area (Å²) in [7, 11) is -3.94. The van der Waals surface area contributed by atoms with Crippen LogP contribution in [0, 0.1) is 0 Å². The monoisotopic (exact) mass is 390 g/mol. The smallest absolute Gasteiger partial charge is 0.303 e. The minimum atomic E-state index is -3.94. The van der Waals surface area contributed by atoms with E-state index in [1.54, 1.807) is 25.1 Å². The van der Waals surface area contributed by atoms with Gasteiger partial charge in [0.05, 0.1) is 4.90 Å². The number of carboxylic acids is 1. The Hall–Kier alpha value is -2.78. The average molecular weight is 390 g/mol. The summed E-state index contributed by atoms with van der Waals surface area (Å²) in [5.41, 5.74) is 0.568. The summed E-state index contributed by atoms with van der Waals surface area (Å²) < 4.78 is 27.7. The van der Waals surface area contributed by atoms with Gasteiger partial charge in [-0.1, -0.05) is 12.1 Å². The van der Waals surface area contributed by atoms with Crippen molar-refractivity contribution < 1.29 is 27.9 Å². The number of hydrogen-bond donors (Lipinski definition) is 2. The highest BCUT2D eigenvalue weighted by molar-refractivity contribution is 7.89. The van der Waals surface area contributed by atoms with Crippen molar-refractivity contribution in [2.75, 3.05) is 13.1 Å². The van der Waals surface area contributed by atoms with Crippen molar-refractivity contribution in [3.63, 3.8) is 0 Å². The van der Waals surface area contributed by atoms with Crippen LogP contribution in [0.5, 0.6) is 0 Å². The molecule has 0 radical (unpaired) electrons. The van der Waals surface area contributed by atoms with E-state index in [4.69, 9.17) is 5.11 Å². The molecule has 9 heteroatoms. The van der Waals surface area contributed by atoms with Crippen LogP contribution in [0.3, 0.4) is 0 Å². The van der Waals surface area contributed by atoms with Crippen LogP contribution in [0.4, 0.5) is 0 Å². The number of carboxylic acid groups (broad SMARTS) is 1. The molecule has 0 bridgehead atoms. The quantitative estimate of drug-likeness (QED) is 0.547. The average Bonchev–Trinajstić information content (AvgIpc) is 2.63. The standard InChI is InChI=1S/C18H18N2O6S/c1-2-20-17(23)12-6-3-5-11-14(9-8-13(16(11)12)18(20)24)27(25,26)19-10-4-7-15(21)22/h3,5-6,8-9,19H,2,4,7,10H2,1H3,(H,21,22). The Bertz CT molecular complexity index is 1040. The molecule has 1 aliphatic heterocycles. The van der Waals surface area contributed by atoms with Gasteiger partial charge in [-0.15, -0.1) is 0 Å². The molecule has 0 saturated carbocycles. The van der Waals surface area contributed by atoms with Gasteiger partial charge in [0.15, 0.2) is 0 Å². The van der Waals surface area contributed by atoms with Crippen molar-refractivity contribution in [2.24, 2.45) is 0 Å². The van der Waals surface area contributed by atoms with Crippen molar-refractivity contribution in [3.05, 3.63) is 41.5 Å². The predicted molar refractivity (Wildman–Crippen MR) is 97.0 cm³/mol. The molecule has 3 rings (SSSR count). The number of sulfonamides is 1. The van der Waals surface area contributed by atoms with Gasteiger partial charge in [0.1, 0.15) is 0 Å². The Labute approximate surface area is 155 Å². The number of rotatable bonds is 7. The van der Waals surface area contributed by atoms with Crippen LogP contribution in [0.2, 0.25) is 0 Å². The lowest BCUT2D eigenvalue weighted by Gasteiger charge is -2.26. The molecule has 8 nitrogen and oxygen atoms in total. The summed E-state index contributed by atoms with van der Waals surface area (Å²) in [6, 6.07) is 7.44. The van der Waals surface area contributed by atoms with E-state index in [9.17, 15) is 22.8 Å². The number of carbonyl (C=O) groups excluding carboxylic acids is 2. The van der Waals surface area contributed by atoms with Gasteiger partial charge in [-0.05, 0) is 31.5 Å². The zero-order valence-corrected chi connectivity index (χ0v) is 15.4. The number of imide groups is 1. The third-order valence-electron chi connectivity index (χ3n) is 4.42. The van der Waals surface area contributed by atoms with Gasteiger partial charge in [-0.2, -0.15) is 0 Å². The zero-order valence-electron chi connectivity index (χ0n) is 14.6. The number of amides is 2. The van der Waals surface area contributed by atoms with E-state index in [0.717, 1.165) is 4.90 Å². The molecule has 0 aliphatic carbocycles. The van der Waals surface area contributed by atoms with Crippen LogP contribution in [-0.2, 0) is 14.8 Å². The van der Waals surface area contributed by atoms with Gasteiger partial charge >= 0.3 is 5.97 Å². The van der Waals surface area contributed by atoms with E-state index < -0.39 is 27.8 Å². The van der Waals surface area contributed by atoms with E-state index in [1.165, 1.54) is 12.1 Å². The molecule has 0 unspecified atom stereocenters. The van der Waals surface area contributed by atoms with Gasteiger partial charge in [-0.3, -0.25) is 19.3 Å². The van der Waals surface area contributed by atoms with E-state index in [0.29, 0.717) is 5.39 Å². The lowest BCUT2D eigenvalue weighted by molar-refractivity contribution is -0.137. The first-order chi connectivity index (χ1) is 12.8. The molecule has 2 amide bonds. The van der Waals surface area contributed by atoms with Gasteiger partial charge < -0.3 is 5.11 Å². The molecular weight excluding hydrogens is 372 g/mol. The largest absolute Gasteiger partial charge is 0.481 e. The SMILES string of the molecule is CCN1C(=O)c2cccc3c(S(=O)(=O)NCCCC(=O)O)ccc(c23)C1=O. The Kier molecular flexibility index (Phi) is 4.99. The zero-order chi connectivity index (χ0) is 19.8. The second kappa shape index (κ2) is 7.09. The molecule has 27 heavy (non-hydrogen) atoms. The van der Waals surface area contributed by atoms with Crippen LogP contribution in [0.15, 0.2) is 35.2 Å². The number of carbonyl (C=O) groups is 3. The van der Waals surface area contributed by atoms with E-state index in [-0.39, 0.29) is 47.3 Å². The number of nitrogens with one attached hydrogen (secondary N) is 1. The fraction of sp³-hybridized carbons (Fsp3) is 0.278. The normalized spacial score (nSPS) is 14.0. The third kappa shape index (κ3) is 3.31. The Morgan fingerprint density at radius 2 is 1.78 bits per heavy atom. The summed E-state index contributed by atoms with van der Waals surface area (Å²) in [6.07, 6.45) is 0.000467. The van der Waals surface area contributed by atoms with E-state index in [1.807, 2.05) is 0 Å². The molecule has 0 saturated heterocycles. The highest BCUT2D eigenvalue weighted by Crippen LogP contribution is 2.33. The molecule has 0 atom stereocenters. The Morgan fingerprint density at radius 3 is 2.41 bits per heavy atom. The first-order valence-electron chi connectivity index (χ1n) is 8.41. The number of nitrogens with zero attached hydrogens (tertiary/aromatic N) is 1. The van der Waals surface area contributed by atoms with Crippen molar-refractivity contribution in [1.82, 2.24) is 9.62 Å². The van der Waals surface area contributed by atoms with Gasteiger partial charge in [0.2, 0.25) is 10.0 Å². The van der Waals surface area contributed by atoms with Crippen LogP contribution in [-0.4, -0.2) is 49.3 Å². The summed E-state index contributed by atoms with van der Waals surface area (Å²) in [5, 5.41) is 9.25. The van der Waals surface area contributed by atoms with Crippen LogP contribution >= 0.6 is 0 Å². The summed E-state index contributed by atoms with van der Waals surface area (Å²) in [5.74, 6) is -1.91. The molecule has 2 N–H and O–H groups in total. The Morgan fingerprint density at radius 1 is 1.11 bits per heavy atom. The van der Waals surface area contributed by atoms with Crippen molar-refractivity contribution in [1.29, 1.82) is 0 Å². The van der Waals surface area contributed by atoms with Gasteiger partial charge in [0, 0.05) is 41.4 Å². The first-order valence-corrected chi connectivity index (χ1v) is 9.89. The van der Waals surface area contributed by atoms with Gasteiger partial charge in [-0.25, -0.2) is 13.1 Å². The van der Waals surface area contributed by atoms with Crippen molar-refractivity contribution in [2.45, 2.75) is 24.7 Å². The second-order valence-electron chi connectivity index (χ2n) is 6.09.